The molecule has 0 saturated carbocycles. The summed E-state index contributed by atoms with van der Waals surface area (Å²) in [5.74, 6) is 0. The molecule has 0 nitrogen and oxygen atoms in total. The van der Waals surface area contributed by atoms with Crippen LogP contribution in [-0.4, -0.2) is 0 Å². The summed E-state index contributed by atoms with van der Waals surface area (Å²) in [5.41, 5.74) is 6.88. The fourth-order valence-corrected chi connectivity index (χ4v) is 2.23. The van der Waals surface area contributed by atoms with Crippen LogP contribution in [0.4, 0.5) is 0 Å². The highest BCUT2D eigenvalue weighted by atomic mass is 14.2. The Kier molecular flexibility index (Phi) is 1.88. The molecule has 15 heavy (non-hydrogen) atoms. The lowest BCUT2D eigenvalue weighted by Gasteiger charge is -2.02. The Balaban J connectivity index is 2.18. The molecule has 0 spiro atoms. The van der Waals surface area contributed by atoms with Gasteiger partial charge in [-0.05, 0) is 34.2 Å². The lowest BCUT2D eigenvalue weighted by molar-refractivity contribution is 1.14. The van der Waals surface area contributed by atoms with E-state index in [1.54, 1.807) is 0 Å². The summed E-state index contributed by atoms with van der Waals surface area (Å²) in [5, 5.41) is 0. The predicted octanol–water partition coefficient (Wildman–Crippen LogP) is 3.83. The van der Waals surface area contributed by atoms with Crippen molar-refractivity contribution in [2.75, 3.05) is 0 Å². The number of hydrogen-bond donors (Lipinski definition) is 0. The summed E-state index contributed by atoms with van der Waals surface area (Å²) >= 11 is 0. The molecule has 0 unspecified atom stereocenters. The second kappa shape index (κ2) is 3.23. The maximum Gasteiger partial charge on any atom is 0.0212 e. The Hall–Kier alpha value is -1.56. The van der Waals surface area contributed by atoms with Crippen molar-refractivity contribution >= 4 is 0 Å². The van der Waals surface area contributed by atoms with Crippen LogP contribution in [-0.2, 0) is 6.42 Å². The average Bonchev–Trinajstić information content (AvgIpc) is 2.66. The van der Waals surface area contributed by atoms with Gasteiger partial charge in [0.05, 0.1) is 0 Å². The Labute approximate surface area is 90.6 Å². The van der Waals surface area contributed by atoms with Gasteiger partial charge in [0.25, 0.3) is 0 Å². The highest BCUT2D eigenvalue weighted by Crippen LogP contribution is 2.37. The van der Waals surface area contributed by atoms with Crippen LogP contribution < -0.4 is 0 Å². The van der Waals surface area contributed by atoms with Crippen molar-refractivity contribution in [2.24, 2.45) is 0 Å². The topological polar surface area (TPSA) is 0 Å². The second-order valence-corrected chi connectivity index (χ2v) is 4.01. The van der Waals surface area contributed by atoms with E-state index in [0.29, 0.717) is 0 Å². The average molecular weight is 193 g/mol. The minimum atomic E-state index is 1.11. The molecule has 73 valence electrons. The predicted molar refractivity (Wildman–Crippen MR) is 63.8 cm³/mol. The van der Waals surface area contributed by atoms with Crippen molar-refractivity contribution in [2.45, 2.75) is 13.3 Å². The summed E-state index contributed by atoms with van der Waals surface area (Å²) < 4.78 is 0. The van der Waals surface area contributed by atoms with Crippen molar-refractivity contribution < 1.29 is 0 Å². The van der Waals surface area contributed by atoms with Gasteiger partial charge in [0, 0.05) is 6.42 Å². The first-order chi connectivity index (χ1) is 7.38. The third kappa shape index (κ3) is 1.29. The zero-order valence-electron chi connectivity index (χ0n) is 8.83. The number of fused-ring (bicyclic) bond motifs is 3. The standard InChI is InChI=1S/C15H13/c1-2-11-7-8-15-13(9-11)10-12-5-3-4-6-14(12)15/h3-10H,2H2,1H3. The smallest absolute Gasteiger partial charge is 0.0212 e. The van der Waals surface area contributed by atoms with Crippen LogP contribution in [0.1, 0.15) is 23.6 Å². The molecule has 0 amide bonds. The summed E-state index contributed by atoms with van der Waals surface area (Å²) in [4.78, 5) is 0. The summed E-state index contributed by atoms with van der Waals surface area (Å²) in [6.45, 7) is 2.20. The van der Waals surface area contributed by atoms with Crippen molar-refractivity contribution in [1.29, 1.82) is 0 Å². The summed E-state index contributed by atoms with van der Waals surface area (Å²) in [7, 11) is 0. The fraction of sp³-hybridized carbons (Fsp3) is 0.133. The van der Waals surface area contributed by atoms with Crippen LogP contribution in [0.15, 0.2) is 42.5 Å². The van der Waals surface area contributed by atoms with Gasteiger partial charge in [0.1, 0.15) is 0 Å². The first kappa shape index (κ1) is 8.72. The minimum Gasteiger partial charge on any atom is -0.0619 e. The molecule has 1 aliphatic carbocycles. The molecule has 2 aromatic carbocycles. The van der Waals surface area contributed by atoms with Crippen LogP contribution in [0, 0.1) is 6.42 Å². The second-order valence-electron chi connectivity index (χ2n) is 4.01. The van der Waals surface area contributed by atoms with Gasteiger partial charge < -0.3 is 0 Å². The van der Waals surface area contributed by atoms with E-state index in [1.165, 1.54) is 27.8 Å². The SMILES string of the molecule is CCc1ccc2c(c1)[CH]c1ccccc1-2. The van der Waals surface area contributed by atoms with Crippen LogP contribution >= 0.6 is 0 Å². The Morgan fingerprint density at radius 2 is 1.67 bits per heavy atom. The highest BCUT2D eigenvalue weighted by Gasteiger charge is 2.17. The molecule has 3 rings (SSSR count). The molecule has 0 atom stereocenters. The molecular formula is C15H13. The number of aryl methyl sites for hydroxylation is 1. The maximum atomic E-state index is 2.30. The Bertz CT molecular complexity index is 509. The maximum absolute atomic E-state index is 2.30. The lowest BCUT2D eigenvalue weighted by Crippen LogP contribution is -1.83. The van der Waals surface area contributed by atoms with E-state index in [1.807, 2.05) is 0 Å². The number of benzene rings is 2. The van der Waals surface area contributed by atoms with E-state index in [4.69, 9.17) is 0 Å². The van der Waals surface area contributed by atoms with Crippen molar-refractivity contribution in [3.05, 3.63) is 65.6 Å². The zero-order chi connectivity index (χ0) is 10.3. The van der Waals surface area contributed by atoms with Crippen LogP contribution in [0.3, 0.4) is 0 Å². The van der Waals surface area contributed by atoms with Crippen molar-refractivity contribution in [3.8, 4) is 11.1 Å². The molecule has 0 heterocycles. The first-order valence-corrected chi connectivity index (χ1v) is 5.45. The van der Waals surface area contributed by atoms with Crippen LogP contribution in [0.25, 0.3) is 11.1 Å². The molecule has 0 fully saturated rings. The molecule has 1 radical (unpaired) electrons. The molecule has 0 N–H and O–H groups in total. The van der Waals surface area contributed by atoms with E-state index in [0.717, 1.165) is 6.42 Å². The molecule has 1 aliphatic rings. The van der Waals surface area contributed by atoms with E-state index in [2.05, 4.69) is 55.8 Å². The molecule has 2 aromatic rings. The van der Waals surface area contributed by atoms with Crippen LogP contribution in [0.5, 0.6) is 0 Å². The third-order valence-corrected chi connectivity index (χ3v) is 3.09. The largest absolute Gasteiger partial charge is 0.0619 e. The third-order valence-electron chi connectivity index (χ3n) is 3.09. The summed E-state index contributed by atoms with van der Waals surface area (Å²) in [6, 6.07) is 15.4. The zero-order valence-corrected chi connectivity index (χ0v) is 8.83. The normalized spacial score (nSPS) is 12.3. The van der Waals surface area contributed by atoms with Gasteiger partial charge in [-0.25, -0.2) is 0 Å². The highest BCUT2D eigenvalue weighted by molar-refractivity contribution is 5.81. The Morgan fingerprint density at radius 1 is 0.867 bits per heavy atom. The van der Waals surface area contributed by atoms with Gasteiger partial charge in [0.2, 0.25) is 0 Å². The van der Waals surface area contributed by atoms with Gasteiger partial charge in [-0.1, -0.05) is 49.4 Å². The molecule has 0 heteroatoms. The minimum absolute atomic E-state index is 1.11. The monoisotopic (exact) mass is 193 g/mol. The van der Waals surface area contributed by atoms with Crippen LogP contribution in [0.2, 0.25) is 0 Å². The quantitative estimate of drug-likeness (QED) is 0.551. The molecule has 0 bridgehead atoms. The summed E-state index contributed by atoms with van der Waals surface area (Å²) in [6.07, 6.45) is 3.39. The van der Waals surface area contributed by atoms with E-state index >= 15 is 0 Å². The van der Waals surface area contributed by atoms with Gasteiger partial charge in [-0.3, -0.25) is 0 Å². The lowest BCUT2D eigenvalue weighted by atomic mass is 10.0. The molecule has 0 saturated heterocycles. The Morgan fingerprint density at radius 3 is 2.53 bits per heavy atom. The molecule has 0 aromatic heterocycles. The van der Waals surface area contributed by atoms with Crippen molar-refractivity contribution in [1.82, 2.24) is 0 Å². The van der Waals surface area contributed by atoms with E-state index < -0.39 is 0 Å². The van der Waals surface area contributed by atoms with E-state index in [-0.39, 0.29) is 0 Å². The van der Waals surface area contributed by atoms with Gasteiger partial charge in [0.15, 0.2) is 0 Å². The fourth-order valence-electron chi connectivity index (χ4n) is 2.23. The van der Waals surface area contributed by atoms with Gasteiger partial charge in [-0.15, -0.1) is 0 Å². The molecule has 0 aliphatic heterocycles. The van der Waals surface area contributed by atoms with Crippen molar-refractivity contribution in [3.63, 3.8) is 0 Å². The van der Waals surface area contributed by atoms with E-state index in [9.17, 15) is 0 Å². The van der Waals surface area contributed by atoms with Gasteiger partial charge >= 0.3 is 0 Å². The first-order valence-electron chi connectivity index (χ1n) is 5.45. The molecular weight excluding hydrogens is 180 g/mol. The number of rotatable bonds is 1. The number of hydrogen-bond acceptors (Lipinski definition) is 0. The van der Waals surface area contributed by atoms with Gasteiger partial charge in [-0.2, -0.15) is 0 Å².